The molecule has 0 saturated heterocycles. The van der Waals surface area contributed by atoms with Crippen molar-refractivity contribution in [2.75, 3.05) is 11.5 Å². The van der Waals surface area contributed by atoms with Gasteiger partial charge in [-0.2, -0.15) is 4.98 Å². The molecule has 26 heavy (non-hydrogen) atoms. The molecule has 0 fully saturated rings. The Labute approximate surface area is 150 Å². The number of anilines is 2. The lowest BCUT2D eigenvalue weighted by Crippen LogP contribution is -2.05. The molecule has 4 aromatic rings. The van der Waals surface area contributed by atoms with Crippen LogP contribution >= 0.6 is 0 Å². The molecular weight excluding hydrogens is 324 g/mol. The molecule has 0 aliphatic heterocycles. The minimum absolute atomic E-state index is 0.0950. The zero-order valence-electron chi connectivity index (χ0n) is 13.7. The van der Waals surface area contributed by atoms with Crippen molar-refractivity contribution in [3.8, 4) is 23.1 Å². The molecule has 3 heterocycles. The van der Waals surface area contributed by atoms with Crippen LogP contribution in [-0.2, 0) is 0 Å². The summed E-state index contributed by atoms with van der Waals surface area (Å²) in [6.07, 6.45) is 5.11. The SMILES string of the molecule is Nc1nc(N)c(C#Cc2cccnc2)c(-c2cnc3ccccc3c2)n1. The summed E-state index contributed by atoms with van der Waals surface area (Å²) < 4.78 is 0. The van der Waals surface area contributed by atoms with Gasteiger partial charge in [0.05, 0.1) is 16.8 Å². The second-order valence-corrected chi connectivity index (χ2v) is 5.60. The van der Waals surface area contributed by atoms with E-state index in [1.165, 1.54) is 0 Å². The van der Waals surface area contributed by atoms with E-state index in [0.29, 0.717) is 11.3 Å². The van der Waals surface area contributed by atoms with Crippen LogP contribution in [0.1, 0.15) is 11.1 Å². The molecule has 0 atom stereocenters. The Morgan fingerprint density at radius 3 is 2.62 bits per heavy atom. The fourth-order valence-electron chi connectivity index (χ4n) is 2.60. The molecule has 124 valence electrons. The fourth-order valence-corrected chi connectivity index (χ4v) is 2.60. The predicted molar refractivity (Wildman–Crippen MR) is 102 cm³/mol. The Bertz CT molecular complexity index is 1160. The first-order chi connectivity index (χ1) is 12.7. The number of nitrogen functional groups attached to an aromatic ring is 2. The summed E-state index contributed by atoms with van der Waals surface area (Å²) in [6.45, 7) is 0. The van der Waals surface area contributed by atoms with Gasteiger partial charge in [-0.05, 0) is 24.3 Å². The van der Waals surface area contributed by atoms with Crippen LogP contribution in [0, 0.1) is 11.8 Å². The number of hydrogen-bond acceptors (Lipinski definition) is 6. The second kappa shape index (κ2) is 6.49. The van der Waals surface area contributed by atoms with Crippen LogP contribution in [0.4, 0.5) is 11.8 Å². The van der Waals surface area contributed by atoms with E-state index >= 15 is 0 Å². The van der Waals surface area contributed by atoms with Crippen molar-refractivity contribution in [3.63, 3.8) is 0 Å². The molecule has 6 heteroatoms. The van der Waals surface area contributed by atoms with Gasteiger partial charge in [-0.1, -0.05) is 30.0 Å². The third-order valence-electron chi connectivity index (χ3n) is 3.81. The summed E-state index contributed by atoms with van der Waals surface area (Å²) in [4.78, 5) is 16.9. The quantitative estimate of drug-likeness (QED) is 0.517. The third-order valence-corrected chi connectivity index (χ3v) is 3.81. The molecule has 0 spiro atoms. The topological polar surface area (TPSA) is 104 Å². The van der Waals surface area contributed by atoms with Gasteiger partial charge < -0.3 is 11.5 Å². The second-order valence-electron chi connectivity index (χ2n) is 5.60. The fraction of sp³-hybridized carbons (Fsp3) is 0. The van der Waals surface area contributed by atoms with E-state index in [9.17, 15) is 0 Å². The molecule has 4 N–H and O–H groups in total. The molecular formula is C20H14N6. The molecule has 3 aromatic heterocycles. The van der Waals surface area contributed by atoms with E-state index in [2.05, 4.69) is 31.8 Å². The van der Waals surface area contributed by atoms with E-state index < -0.39 is 0 Å². The average molecular weight is 338 g/mol. The van der Waals surface area contributed by atoms with Crippen molar-refractivity contribution in [2.24, 2.45) is 0 Å². The Kier molecular flexibility index (Phi) is 3.88. The lowest BCUT2D eigenvalue weighted by atomic mass is 10.1. The van der Waals surface area contributed by atoms with Crippen LogP contribution in [0.5, 0.6) is 0 Å². The summed E-state index contributed by atoms with van der Waals surface area (Å²) in [5, 5.41) is 0.993. The maximum absolute atomic E-state index is 6.07. The molecule has 0 amide bonds. The summed E-state index contributed by atoms with van der Waals surface area (Å²) >= 11 is 0. The van der Waals surface area contributed by atoms with E-state index in [1.54, 1.807) is 18.6 Å². The Morgan fingerprint density at radius 1 is 0.885 bits per heavy atom. The Balaban J connectivity index is 1.88. The first kappa shape index (κ1) is 15.5. The largest absolute Gasteiger partial charge is 0.382 e. The van der Waals surface area contributed by atoms with Gasteiger partial charge in [-0.15, -0.1) is 0 Å². The van der Waals surface area contributed by atoms with Gasteiger partial charge >= 0.3 is 0 Å². The molecule has 4 rings (SSSR count). The Hall–Kier alpha value is -3.98. The van der Waals surface area contributed by atoms with E-state index in [1.807, 2.05) is 42.5 Å². The highest BCUT2D eigenvalue weighted by atomic mass is 15.0. The lowest BCUT2D eigenvalue weighted by molar-refractivity contribution is 1.18. The van der Waals surface area contributed by atoms with Gasteiger partial charge in [0.2, 0.25) is 5.95 Å². The van der Waals surface area contributed by atoms with Gasteiger partial charge in [0, 0.05) is 35.1 Å². The van der Waals surface area contributed by atoms with Crippen molar-refractivity contribution in [3.05, 3.63) is 72.2 Å². The minimum Gasteiger partial charge on any atom is -0.382 e. The number of nitrogens with zero attached hydrogens (tertiary/aromatic N) is 4. The van der Waals surface area contributed by atoms with Gasteiger partial charge in [0.25, 0.3) is 0 Å². The van der Waals surface area contributed by atoms with Crippen LogP contribution < -0.4 is 11.5 Å². The molecule has 0 bridgehead atoms. The van der Waals surface area contributed by atoms with E-state index in [4.69, 9.17) is 11.5 Å². The summed E-state index contributed by atoms with van der Waals surface area (Å²) in [6, 6.07) is 13.5. The molecule has 0 saturated carbocycles. The first-order valence-electron chi connectivity index (χ1n) is 7.91. The summed E-state index contributed by atoms with van der Waals surface area (Å²) in [5.74, 6) is 6.41. The van der Waals surface area contributed by atoms with Crippen molar-refractivity contribution >= 4 is 22.7 Å². The van der Waals surface area contributed by atoms with Gasteiger partial charge in [-0.3, -0.25) is 9.97 Å². The van der Waals surface area contributed by atoms with Crippen LogP contribution in [0.3, 0.4) is 0 Å². The van der Waals surface area contributed by atoms with Crippen molar-refractivity contribution in [1.82, 2.24) is 19.9 Å². The highest BCUT2D eigenvalue weighted by Gasteiger charge is 2.13. The zero-order valence-corrected chi connectivity index (χ0v) is 13.7. The maximum Gasteiger partial charge on any atom is 0.222 e. The summed E-state index contributed by atoms with van der Waals surface area (Å²) in [5.41, 5.74) is 15.4. The molecule has 6 nitrogen and oxygen atoms in total. The smallest absolute Gasteiger partial charge is 0.222 e. The van der Waals surface area contributed by atoms with E-state index in [-0.39, 0.29) is 11.8 Å². The molecule has 0 radical (unpaired) electrons. The Morgan fingerprint density at radius 2 is 1.77 bits per heavy atom. The van der Waals surface area contributed by atoms with Crippen LogP contribution in [0.2, 0.25) is 0 Å². The standard InChI is InChI=1S/C20H14N6/c21-19-16(8-7-13-4-3-9-23-11-13)18(25-20(22)26-19)15-10-14-5-1-2-6-17(14)24-12-15/h1-6,9-12H,(H4,21,22,25,26). The van der Waals surface area contributed by atoms with Crippen molar-refractivity contribution in [2.45, 2.75) is 0 Å². The van der Waals surface area contributed by atoms with Crippen LogP contribution in [-0.4, -0.2) is 19.9 Å². The number of pyridine rings is 2. The van der Waals surface area contributed by atoms with Gasteiger partial charge in [0.1, 0.15) is 5.82 Å². The van der Waals surface area contributed by atoms with Crippen LogP contribution in [0.25, 0.3) is 22.2 Å². The number of aromatic nitrogens is 4. The molecule has 0 unspecified atom stereocenters. The predicted octanol–water partition coefficient (Wildman–Crippen LogP) is 2.65. The highest BCUT2D eigenvalue weighted by Crippen LogP contribution is 2.27. The highest BCUT2D eigenvalue weighted by molar-refractivity contribution is 5.85. The monoisotopic (exact) mass is 338 g/mol. The number of nitrogens with two attached hydrogens (primary N) is 2. The average Bonchev–Trinajstić information content (AvgIpc) is 2.67. The first-order valence-corrected chi connectivity index (χ1v) is 7.91. The van der Waals surface area contributed by atoms with Crippen LogP contribution in [0.15, 0.2) is 61.1 Å². The van der Waals surface area contributed by atoms with Gasteiger partial charge in [-0.25, -0.2) is 4.98 Å². The van der Waals surface area contributed by atoms with E-state index in [0.717, 1.165) is 22.0 Å². The number of hydrogen-bond donors (Lipinski definition) is 2. The molecule has 0 aliphatic rings. The molecule has 0 aliphatic carbocycles. The molecule has 1 aromatic carbocycles. The summed E-state index contributed by atoms with van der Waals surface area (Å²) in [7, 11) is 0. The number of benzene rings is 1. The van der Waals surface area contributed by atoms with Crippen molar-refractivity contribution in [1.29, 1.82) is 0 Å². The third kappa shape index (κ3) is 3.01. The van der Waals surface area contributed by atoms with Gasteiger partial charge in [0.15, 0.2) is 0 Å². The number of rotatable bonds is 1. The van der Waals surface area contributed by atoms with Crippen molar-refractivity contribution < 1.29 is 0 Å². The minimum atomic E-state index is 0.0950. The number of para-hydroxylation sites is 1. The normalized spacial score (nSPS) is 10.3. The zero-order chi connectivity index (χ0) is 17.9. The maximum atomic E-state index is 6.07. The number of fused-ring (bicyclic) bond motifs is 1. The lowest BCUT2D eigenvalue weighted by Gasteiger charge is -2.08.